The van der Waals surface area contributed by atoms with Gasteiger partial charge in [-0.2, -0.15) is 0 Å². The molecule has 5 aromatic carbocycles. The molecule has 0 aliphatic carbocycles. The van der Waals surface area contributed by atoms with Crippen molar-refractivity contribution in [2.75, 3.05) is 52.6 Å². The molecule has 4 amide bonds. The average Bonchev–Trinajstić information content (AvgIpc) is 3.87. The second kappa shape index (κ2) is 21.2. The number of cyclic esters (lactones) is 1. The lowest BCUT2D eigenvalue weighted by Crippen LogP contribution is -2.58. The van der Waals surface area contributed by atoms with E-state index in [1.807, 2.05) is 77.7 Å². The Morgan fingerprint density at radius 2 is 1.48 bits per heavy atom. The number of carbonyl (C=O) groups is 5. The van der Waals surface area contributed by atoms with E-state index in [0.717, 1.165) is 21.6 Å². The van der Waals surface area contributed by atoms with Gasteiger partial charge in [0.25, 0.3) is 0 Å². The highest BCUT2D eigenvalue weighted by atomic mass is 16.6. The third-order valence-electron chi connectivity index (χ3n) is 14.4. The van der Waals surface area contributed by atoms with Gasteiger partial charge in [-0.15, -0.1) is 0 Å². The third-order valence-corrected chi connectivity index (χ3v) is 14.4. The highest BCUT2D eigenvalue weighted by Gasteiger charge is 2.76. The van der Waals surface area contributed by atoms with Crippen molar-refractivity contribution in [3.63, 3.8) is 0 Å². The quantitative estimate of drug-likeness (QED) is 0.0925. The molecule has 9 rings (SSSR count). The number of anilines is 1. The van der Waals surface area contributed by atoms with Crippen molar-refractivity contribution in [1.82, 2.24) is 15.1 Å². The zero-order valence-electron chi connectivity index (χ0n) is 41.3. The number of methoxy groups -OCH3 is 3. The second-order valence-electron chi connectivity index (χ2n) is 18.7. The molecule has 5 aromatic rings. The fourth-order valence-corrected chi connectivity index (χ4v) is 11.2. The molecule has 0 bridgehead atoms. The number of imide groups is 1. The average molecular weight is 991 g/mol. The number of nitrogens with zero attached hydrogens (tertiary/aromatic N) is 3. The van der Waals surface area contributed by atoms with Crippen LogP contribution >= 0.6 is 0 Å². The summed E-state index contributed by atoms with van der Waals surface area (Å²) in [7, 11) is 4.29. The van der Waals surface area contributed by atoms with Crippen molar-refractivity contribution in [2.24, 2.45) is 11.8 Å². The van der Waals surface area contributed by atoms with E-state index in [9.17, 15) is 15.0 Å². The molecule has 4 heterocycles. The molecule has 0 saturated carbocycles. The van der Waals surface area contributed by atoms with Gasteiger partial charge in [-0.25, -0.2) is 14.5 Å². The number of ether oxygens (including phenoxy) is 5. The predicted molar refractivity (Wildman–Crippen MR) is 267 cm³/mol. The zero-order valence-corrected chi connectivity index (χ0v) is 41.3. The molecular weight excluding hydrogens is 933 g/mol. The van der Waals surface area contributed by atoms with E-state index < -0.39 is 77.3 Å². The topological polar surface area (TPSA) is 194 Å². The number of esters is 2. The van der Waals surface area contributed by atoms with E-state index in [1.165, 1.54) is 14.2 Å². The van der Waals surface area contributed by atoms with Crippen molar-refractivity contribution >= 4 is 35.5 Å². The smallest absolute Gasteiger partial charge is 0.329 e. The van der Waals surface area contributed by atoms with Crippen molar-refractivity contribution in [3.8, 4) is 29.1 Å². The minimum atomic E-state index is -2.12. The number of urea groups is 1. The van der Waals surface area contributed by atoms with Crippen molar-refractivity contribution in [3.05, 3.63) is 154 Å². The molecule has 16 nitrogen and oxygen atoms in total. The number of aliphatic hydroxyl groups is 2. The lowest BCUT2D eigenvalue weighted by Gasteiger charge is -2.46. The van der Waals surface area contributed by atoms with E-state index in [2.05, 4.69) is 17.2 Å². The van der Waals surface area contributed by atoms with E-state index in [1.54, 1.807) is 68.3 Å². The molecule has 16 heteroatoms. The predicted octanol–water partition coefficient (Wildman–Crippen LogP) is 5.97. The number of morpholine rings is 1. The minimum Gasteiger partial charge on any atom is -0.493 e. The van der Waals surface area contributed by atoms with Crippen LogP contribution in [0.5, 0.6) is 17.2 Å². The van der Waals surface area contributed by atoms with Gasteiger partial charge in [-0.05, 0) is 88.2 Å². The maximum atomic E-state index is 16.8. The third kappa shape index (κ3) is 8.91. The fraction of sp³-hybridized carbons (Fsp3) is 0.351. The van der Waals surface area contributed by atoms with Crippen LogP contribution in [0.1, 0.15) is 77.4 Å². The van der Waals surface area contributed by atoms with Crippen LogP contribution in [-0.2, 0) is 47.0 Å². The molecule has 0 aromatic heterocycles. The van der Waals surface area contributed by atoms with E-state index >= 15 is 19.2 Å². The Morgan fingerprint density at radius 1 is 0.808 bits per heavy atom. The van der Waals surface area contributed by atoms with Gasteiger partial charge < -0.3 is 44.1 Å². The van der Waals surface area contributed by atoms with Gasteiger partial charge in [-0.3, -0.25) is 19.3 Å². The SMILES string of the molecule is COC(=O)[C@@H](NC(=O)N1C(=O)[C@@]2(c3cc(C#CCCO)ccc31)[C@H](C(=O)N1CCc3cc(OC)c(OC)cc3C1)[C@H]1C(=O)O[C@H](c3ccccc3)[C@H](c3ccccc3)N1[C@@H]2c1ccc(OCCO)cc1)C(C)C. The molecule has 4 aliphatic heterocycles. The number of fused-ring (bicyclic) bond motifs is 4. The summed E-state index contributed by atoms with van der Waals surface area (Å²) in [4.78, 5) is 82.0. The lowest BCUT2D eigenvalue weighted by atomic mass is 9.64. The number of benzene rings is 5. The Bertz CT molecular complexity index is 2960. The van der Waals surface area contributed by atoms with Gasteiger partial charge in [0.15, 0.2) is 11.5 Å². The molecule has 378 valence electrons. The van der Waals surface area contributed by atoms with E-state index in [4.69, 9.17) is 23.7 Å². The van der Waals surface area contributed by atoms with Gasteiger partial charge >= 0.3 is 18.0 Å². The fourth-order valence-electron chi connectivity index (χ4n) is 11.2. The van der Waals surface area contributed by atoms with Gasteiger partial charge in [0, 0.05) is 25.1 Å². The first-order valence-corrected chi connectivity index (χ1v) is 24.3. The van der Waals surface area contributed by atoms with Gasteiger partial charge in [0.05, 0.1) is 58.2 Å². The van der Waals surface area contributed by atoms with Crippen molar-refractivity contribution in [2.45, 2.75) is 68.9 Å². The summed E-state index contributed by atoms with van der Waals surface area (Å²) < 4.78 is 28.9. The number of nitrogens with one attached hydrogen (secondary N) is 1. The van der Waals surface area contributed by atoms with Gasteiger partial charge in [0.1, 0.15) is 36.0 Å². The van der Waals surface area contributed by atoms with Crippen LogP contribution in [0.2, 0.25) is 0 Å². The van der Waals surface area contributed by atoms with Crippen LogP contribution in [0.3, 0.4) is 0 Å². The molecule has 1 spiro atoms. The lowest BCUT2D eigenvalue weighted by molar-refractivity contribution is -0.179. The molecule has 4 aliphatic rings. The van der Waals surface area contributed by atoms with Crippen LogP contribution in [0.25, 0.3) is 0 Å². The van der Waals surface area contributed by atoms with E-state index in [0.29, 0.717) is 40.4 Å². The van der Waals surface area contributed by atoms with Crippen LogP contribution in [-0.4, -0.2) is 110 Å². The molecular formula is C57H58N4O12. The van der Waals surface area contributed by atoms with Crippen molar-refractivity contribution < 1.29 is 57.9 Å². The standard InChI is InChI=1S/C57H58N4O12/c1-34(2)47(53(65)71-5)58-56(68)60-43-24-19-35(14-12-13-27-62)30-42(43)57(55(60)67)46(52(64)59-26-25-39-31-44(69-3)45(70-4)32-40(39)33-59)49-54(66)73-50(37-17-10-7-11-18-37)48(36-15-8-6-9-16-36)61(49)51(57)38-20-22-41(23-21-38)72-29-28-63/h6-11,15-24,30-32,34,46-51,62-63H,13,25-29,33H2,1-5H3,(H,58,68)/t46-,47-,48-,49-,50+,51+,57-/m0/s1. The Balaban J connectivity index is 1.35. The van der Waals surface area contributed by atoms with Gasteiger partial charge in [-0.1, -0.05) is 98.5 Å². The largest absolute Gasteiger partial charge is 0.493 e. The monoisotopic (exact) mass is 990 g/mol. The number of amides is 4. The minimum absolute atomic E-state index is 0.00869. The number of rotatable bonds is 13. The van der Waals surface area contributed by atoms with Crippen LogP contribution in [0.4, 0.5) is 10.5 Å². The first-order valence-electron chi connectivity index (χ1n) is 24.3. The first-order chi connectivity index (χ1) is 35.4. The summed E-state index contributed by atoms with van der Waals surface area (Å²) in [5.41, 5.74) is 2.22. The summed E-state index contributed by atoms with van der Waals surface area (Å²) in [6.45, 7) is 3.29. The summed E-state index contributed by atoms with van der Waals surface area (Å²) in [6, 6.07) is 28.7. The van der Waals surface area contributed by atoms with E-state index in [-0.39, 0.29) is 50.6 Å². The molecule has 73 heavy (non-hydrogen) atoms. The summed E-state index contributed by atoms with van der Waals surface area (Å²) in [5, 5.41) is 22.2. The second-order valence-corrected chi connectivity index (χ2v) is 18.7. The van der Waals surface area contributed by atoms with Crippen LogP contribution in [0.15, 0.2) is 115 Å². The summed E-state index contributed by atoms with van der Waals surface area (Å²) in [6.07, 6.45) is -0.423. The van der Waals surface area contributed by atoms with Crippen molar-refractivity contribution in [1.29, 1.82) is 0 Å². The summed E-state index contributed by atoms with van der Waals surface area (Å²) in [5.74, 6) is 2.57. The maximum absolute atomic E-state index is 16.8. The van der Waals surface area contributed by atoms with Crippen LogP contribution < -0.4 is 24.4 Å². The molecule has 0 radical (unpaired) electrons. The Morgan fingerprint density at radius 3 is 2.11 bits per heavy atom. The molecule has 2 saturated heterocycles. The highest BCUT2D eigenvalue weighted by molar-refractivity contribution is 6.25. The Kier molecular flexibility index (Phi) is 14.6. The molecule has 3 N–H and O–H groups in total. The molecule has 7 atom stereocenters. The Hall–Kier alpha value is -7.71. The normalized spacial score (nSPS) is 22.3. The van der Waals surface area contributed by atoms with Crippen LogP contribution in [0, 0.1) is 23.7 Å². The summed E-state index contributed by atoms with van der Waals surface area (Å²) >= 11 is 0. The first kappa shape index (κ1) is 50.2. The number of hydrogen-bond acceptors (Lipinski definition) is 13. The highest BCUT2D eigenvalue weighted by Crippen LogP contribution is 2.66. The number of aliphatic hydroxyl groups excluding tert-OH is 2. The number of carbonyl (C=O) groups excluding carboxylic acids is 5. The van der Waals surface area contributed by atoms with Gasteiger partial charge in [0.2, 0.25) is 11.8 Å². The molecule has 2 fully saturated rings. The zero-order chi connectivity index (χ0) is 51.6. The molecule has 0 unspecified atom stereocenters. The maximum Gasteiger partial charge on any atom is 0.329 e. The number of hydrogen-bond donors (Lipinski definition) is 3. The Labute approximate surface area is 423 Å².